The van der Waals surface area contributed by atoms with Gasteiger partial charge in [-0.05, 0) is 33.1 Å². The van der Waals surface area contributed by atoms with Crippen molar-refractivity contribution in [2.75, 3.05) is 13.2 Å². The zero-order valence-corrected chi connectivity index (χ0v) is 11.5. The zero-order chi connectivity index (χ0) is 13.4. The molecule has 0 heterocycles. The van der Waals surface area contributed by atoms with Crippen LogP contribution in [0, 0.1) is 16.7 Å². The lowest BCUT2D eigenvalue weighted by Crippen LogP contribution is -2.42. The van der Waals surface area contributed by atoms with E-state index in [1.807, 2.05) is 13.8 Å². The minimum Gasteiger partial charge on any atom is -0.379 e. The molecule has 0 aromatic carbocycles. The maximum absolute atomic E-state index is 12.1. The van der Waals surface area contributed by atoms with Crippen LogP contribution in [-0.4, -0.2) is 25.2 Å². The summed E-state index contributed by atoms with van der Waals surface area (Å²) in [4.78, 5) is 12.1. The maximum atomic E-state index is 12.1. The summed E-state index contributed by atoms with van der Waals surface area (Å²) >= 11 is 0. The van der Waals surface area contributed by atoms with E-state index in [9.17, 15) is 10.1 Å². The monoisotopic (exact) mass is 252 g/mol. The van der Waals surface area contributed by atoms with Crippen molar-refractivity contribution in [1.82, 2.24) is 5.32 Å². The number of rotatable bonds is 6. The van der Waals surface area contributed by atoms with E-state index in [0.717, 1.165) is 25.7 Å². The summed E-state index contributed by atoms with van der Waals surface area (Å²) in [5.41, 5.74) is -0.767. The van der Waals surface area contributed by atoms with Crippen LogP contribution in [0.25, 0.3) is 0 Å². The first-order chi connectivity index (χ1) is 8.60. The van der Waals surface area contributed by atoms with Gasteiger partial charge in [-0.15, -0.1) is 0 Å². The normalized spacial score (nSPS) is 18.3. The second-order valence-electron chi connectivity index (χ2n) is 5.28. The largest absolute Gasteiger partial charge is 0.379 e. The molecule has 0 saturated heterocycles. The third-order valence-electron chi connectivity index (χ3n) is 3.41. The Hall–Kier alpha value is -1.08. The van der Waals surface area contributed by atoms with E-state index in [-0.39, 0.29) is 12.0 Å². The molecule has 1 fully saturated rings. The van der Waals surface area contributed by atoms with Crippen LogP contribution in [0.2, 0.25) is 0 Å². The standard InChI is InChI=1S/C14H24N2O2/c1-12(2)18-10-6-9-16-13(17)14(11-15)7-4-3-5-8-14/h12H,3-10H2,1-2H3,(H,16,17). The molecule has 1 aliphatic carbocycles. The number of hydrogen-bond acceptors (Lipinski definition) is 3. The van der Waals surface area contributed by atoms with E-state index in [1.54, 1.807) is 0 Å². The molecule has 1 rings (SSSR count). The van der Waals surface area contributed by atoms with Crippen molar-refractivity contribution < 1.29 is 9.53 Å². The fourth-order valence-corrected chi connectivity index (χ4v) is 2.31. The van der Waals surface area contributed by atoms with E-state index in [2.05, 4.69) is 11.4 Å². The summed E-state index contributed by atoms with van der Waals surface area (Å²) < 4.78 is 5.40. The molecular weight excluding hydrogens is 228 g/mol. The SMILES string of the molecule is CC(C)OCCCNC(=O)C1(C#N)CCCCC1. The maximum Gasteiger partial charge on any atom is 0.240 e. The van der Waals surface area contributed by atoms with Gasteiger partial charge in [-0.1, -0.05) is 19.3 Å². The molecule has 0 radical (unpaired) electrons. The van der Waals surface area contributed by atoms with E-state index < -0.39 is 5.41 Å². The lowest BCUT2D eigenvalue weighted by molar-refractivity contribution is -0.129. The fourth-order valence-electron chi connectivity index (χ4n) is 2.31. The van der Waals surface area contributed by atoms with Gasteiger partial charge in [-0.25, -0.2) is 0 Å². The minimum atomic E-state index is -0.767. The van der Waals surface area contributed by atoms with E-state index >= 15 is 0 Å². The number of ether oxygens (including phenoxy) is 1. The molecule has 1 saturated carbocycles. The van der Waals surface area contributed by atoms with Crippen LogP contribution in [0.4, 0.5) is 0 Å². The molecule has 102 valence electrons. The molecule has 0 aromatic rings. The highest BCUT2D eigenvalue weighted by Gasteiger charge is 2.39. The number of nitrogens with zero attached hydrogens (tertiary/aromatic N) is 1. The van der Waals surface area contributed by atoms with Crippen LogP contribution in [0.1, 0.15) is 52.4 Å². The summed E-state index contributed by atoms with van der Waals surface area (Å²) in [5.74, 6) is -0.0887. The van der Waals surface area contributed by atoms with Crippen molar-refractivity contribution in [1.29, 1.82) is 5.26 Å². The molecule has 18 heavy (non-hydrogen) atoms. The first-order valence-electron chi connectivity index (χ1n) is 6.92. The fraction of sp³-hybridized carbons (Fsp3) is 0.857. The third kappa shape index (κ3) is 4.30. The van der Waals surface area contributed by atoms with Gasteiger partial charge in [0.15, 0.2) is 0 Å². The van der Waals surface area contributed by atoms with E-state index in [0.29, 0.717) is 26.0 Å². The van der Waals surface area contributed by atoms with Gasteiger partial charge in [0.1, 0.15) is 5.41 Å². The Morgan fingerprint density at radius 2 is 2.06 bits per heavy atom. The Labute approximate surface area is 110 Å². The molecule has 0 atom stereocenters. The number of nitriles is 1. The predicted octanol–water partition coefficient (Wildman–Crippen LogP) is 2.39. The van der Waals surface area contributed by atoms with E-state index in [4.69, 9.17) is 4.74 Å². The summed E-state index contributed by atoms with van der Waals surface area (Å²) in [7, 11) is 0. The number of amides is 1. The smallest absolute Gasteiger partial charge is 0.240 e. The highest BCUT2D eigenvalue weighted by molar-refractivity contribution is 5.85. The van der Waals surface area contributed by atoms with Gasteiger partial charge >= 0.3 is 0 Å². The molecule has 4 heteroatoms. The number of hydrogen-bond donors (Lipinski definition) is 1. The highest BCUT2D eigenvalue weighted by Crippen LogP contribution is 2.35. The molecule has 0 unspecified atom stereocenters. The zero-order valence-electron chi connectivity index (χ0n) is 11.5. The van der Waals surface area contributed by atoms with Crippen molar-refractivity contribution in [2.45, 2.75) is 58.5 Å². The average molecular weight is 252 g/mol. The summed E-state index contributed by atoms with van der Waals surface area (Å²) in [6.45, 7) is 5.23. The van der Waals surface area contributed by atoms with Crippen molar-refractivity contribution in [3.63, 3.8) is 0 Å². The van der Waals surface area contributed by atoms with Crippen LogP contribution < -0.4 is 5.32 Å². The molecule has 0 spiro atoms. The quantitative estimate of drug-likeness (QED) is 0.738. The van der Waals surface area contributed by atoms with Gasteiger partial charge in [0.2, 0.25) is 5.91 Å². The number of carbonyl (C=O) groups is 1. The predicted molar refractivity (Wildman–Crippen MR) is 69.8 cm³/mol. The van der Waals surface area contributed by atoms with Crippen molar-refractivity contribution in [3.8, 4) is 6.07 Å². The van der Waals surface area contributed by atoms with Crippen LogP contribution in [0.3, 0.4) is 0 Å². The summed E-state index contributed by atoms with van der Waals surface area (Å²) in [6, 6.07) is 2.23. The second-order valence-corrected chi connectivity index (χ2v) is 5.28. The van der Waals surface area contributed by atoms with Gasteiger partial charge in [0.05, 0.1) is 12.2 Å². The van der Waals surface area contributed by atoms with Crippen molar-refractivity contribution in [3.05, 3.63) is 0 Å². The van der Waals surface area contributed by atoms with Crippen LogP contribution >= 0.6 is 0 Å². The number of nitrogens with one attached hydrogen (secondary N) is 1. The first kappa shape index (κ1) is 15.0. The van der Waals surface area contributed by atoms with Crippen molar-refractivity contribution >= 4 is 5.91 Å². The van der Waals surface area contributed by atoms with Crippen LogP contribution in [0.5, 0.6) is 0 Å². The van der Waals surface area contributed by atoms with Gasteiger partial charge in [0.25, 0.3) is 0 Å². The Morgan fingerprint density at radius 3 is 2.61 bits per heavy atom. The molecule has 1 aliphatic rings. The minimum absolute atomic E-state index is 0.0887. The van der Waals surface area contributed by atoms with Crippen molar-refractivity contribution in [2.24, 2.45) is 5.41 Å². The third-order valence-corrected chi connectivity index (χ3v) is 3.41. The Balaban J connectivity index is 2.28. The summed E-state index contributed by atoms with van der Waals surface area (Å²) in [6.07, 6.45) is 5.54. The van der Waals surface area contributed by atoms with Gasteiger partial charge in [0, 0.05) is 13.2 Å². The van der Waals surface area contributed by atoms with Gasteiger partial charge in [-0.2, -0.15) is 5.26 Å². The Morgan fingerprint density at radius 1 is 1.39 bits per heavy atom. The second kappa shape index (κ2) is 7.38. The lowest BCUT2D eigenvalue weighted by Gasteiger charge is -2.29. The Kier molecular flexibility index (Phi) is 6.14. The molecule has 0 bridgehead atoms. The van der Waals surface area contributed by atoms with Gasteiger partial charge in [-0.3, -0.25) is 4.79 Å². The lowest BCUT2D eigenvalue weighted by atomic mass is 9.74. The molecule has 0 aromatic heterocycles. The Bertz CT molecular complexity index is 301. The topological polar surface area (TPSA) is 62.1 Å². The number of carbonyl (C=O) groups excluding carboxylic acids is 1. The molecular formula is C14H24N2O2. The molecule has 1 amide bonds. The molecule has 4 nitrogen and oxygen atoms in total. The van der Waals surface area contributed by atoms with E-state index in [1.165, 1.54) is 0 Å². The first-order valence-corrected chi connectivity index (χ1v) is 6.92. The molecule has 0 aliphatic heterocycles. The summed E-state index contributed by atoms with van der Waals surface area (Å²) in [5, 5.41) is 12.1. The van der Waals surface area contributed by atoms with Crippen LogP contribution in [0.15, 0.2) is 0 Å². The van der Waals surface area contributed by atoms with Gasteiger partial charge < -0.3 is 10.1 Å². The average Bonchev–Trinajstić information content (AvgIpc) is 2.38. The molecule has 1 N–H and O–H groups in total. The van der Waals surface area contributed by atoms with Crippen LogP contribution in [-0.2, 0) is 9.53 Å². The highest BCUT2D eigenvalue weighted by atomic mass is 16.5.